The Kier molecular flexibility index (Phi) is 4.62. The maximum Gasteiger partial charge on any atom is 0.299 e. The fourth-order valence-corrected chi connectivity index (χ4v) is 2.61. The standard InChI is InChI=1S/C13H15N5O6/c1-2-9(13(14)20)16-7-15(6-12(16)19)10-4-3-8(17(21)22)5-11(10)18(23)24/h3-5,9H,2,6-7H2,1H3,(H2,14,20). The summed E-state index contributed by atoms with van der Waals surface area (Å²) in [6.45, 7) is 1.46. The summed E-state index contributed by atoms with van der Waals surface area (Å²) in [7, 11) is 0. The number of hydrogen-bond donors (Lipinski definition) is 1. The number of nitro groups is 2. The highest BCUT2D eigenvalue weighted by Gasteiger charge is 2.37. The monoisotopic (exact) mass is 337 g/mol. The third-order valence-corrected chi connectivity index (χ3v) is 3.77. The molecule has 1 fully saturated rings. The lowest BCUT2D eigenvalue weighted by Crippen LogP contribution is -2.45. The summed E-state index contributed by atoms with van der Waals surface area (Å²) in [6.07, 6.45) is 0.317. The van der Waals surface area contributed by atoms with Gasteiger partial charge in [-0.15, -0.1) is 0 Å². The molecule has 0 bridgehead atoms. The van der Waals surface area contributed by atoms with Crippen LogP contribution >= 0.6 is 0 Å². The molecule has 11 heteroatoms. The van der Waals surface area contributed by atoms with Gasteiger partial charge in [0.2, 0.25) is 11.8 Å². The summed E-state index contributed by atoms with van der Waals surface area (Å²) in [4.78, 5) is 46.7. The maximum atomic E-state index is 12.1. The largest absolute Gasteiger partial charge is 0.368 e. The molecule has 0 radical (unpaired) electrons. The van der Waals surface area contributed by atoms with Crippen LogP contribution < -0.4 is 10.6 Å². The first-order valence-corrected chi connectivity index (χ1v) is 7.02. The molecule has 2 N–H and O–H groups in total. The Labute approximate surface area is 135 Å². The van der Waals surface area contributed by atoms with E-state index < -0.39 is 39.1 Å². The fraction of sp³-hybridized carbons (Fsp3) is 0.385. The van der Waals surface area contributed by atoms with Gasteiger partial charge in [-0.1, -0.05) is 6.92 Å². The van der Waals surface area contributed by atoms with E-state index in [0.29, 0.717) is 6.42 Å². The Hall–Kier alpha value is -3.24. The summed E-state index contributed by atoms with van der Waals surface area (Å²) in [6, 6.07) is 2.38. The molecule has 0 aliphatic carbocycles. The molecule has 1 aliphatic rings. The number of anilines is 1. The van der Waals surface area contributed by atoms with Crippen molar-refractivity contribution in [2.24, 2.45) is 5.73 Å². The van der Waals surface area contributed by atoms with E-state index in [1.807, 2.05) is 0 Å². The number of hydrogen-bond acceptors (Lipinski definition) is 7. The number of non-ortho nitro benzene ring substituents is 1. The van der Waals surface area contributed by atoms with Crippen LogP contribution in [0.5, 0.6) is 0 Å². The van der Waals surface area contributed by atoms with Crippen LogP contribution in [0, 0.1) is 20.2 Å². The van der Waals surface area contributed by atoms with Crippen LogP contribution in [0.2, 0.25) is 0 Å². The van der Waals surface area contributed by atoms with Crippen LogP contribution in [0.25, 0.3) is 0 Å². The second-order valence-corrected chi connectivity index (χ2v) is 5.22. The Bertz CT molecular complexity index is 721. The molecular formula is C13H15N5O6. The molecule has 1 heterocycles. The lowest BCUT2D eigenvalue weighted by atomic mass is 10.2. The van der Waals surface area contributed by atoms with Crippen LogP contribution in [-0.4, -0.2) is 45.8 Å². The first kappa shape index (κ1) is 17.1. The van der Waals surface area contributed by atoms with E-state index in [1.54, 1.807) is 6.92 Å². The van der Waals surface area contributed by atoms with Crippen molar-refractivity contribution in [3.63, 3.8) is 0 Å². The van der Waals surface area contributed by atoms with Crippen molar-refractivity contribution in [3.05, 3.63) is 38.4 Å². The van der Waals surface area contributed by atoms with Gasteiger partial charge in [0.1, 0.15) is 11.7 Å². The van der Waals surface area contributed by atoms with Crippen LogP contribution in [0.4, 0.5) is 17.1 Å². The minimum atomic E-state index is -0.806. The molecule has 1 atom stereocenters. The minimum absolute atomic E-state index is 0.0566. The van der Waals surface area contributed by atoms with Crippen LogP contribution in [0.3, 0.4) is 0 Å². The lowest BCUT2D eigenvalue weighted by Gasteiger charge is -2.24. The second-order valence-electron chi connectivity index (χ2n) is 5.22. The number of nitrogens with zero attached hydrogens (tertiary/aromatic N) is 4. The van der Waals surface area contributed by atoms with Gasteiger partial charge in [0.25, 0.3) is 11.4 Å². The first-order chi connectivity index (χ1) is 11.3. The first-order valence-electron chi connectivity index (χ1n) is 7.02. The predicted octanol–water partition coefficient (Wildman–Crippen LogP) is 0.373. The second kappa shape index (κ2) is 6.48. The Morgan fingerprint density at radius 2 is 2.00 bits per heavy atom. The van der Waals surface area contributed by atoms with Gasteiger partial charge in [0.05, 0.1) is 29.1 Å². The maximum absolute atomic E-state index is 12.1. The Morgan fingerprint density at radius 3 is 2.50 bits per heavy atom. The molecule has 0 spiro atoms. The lowest BCUT2D eigenvalue weighted by molar-refractivity contribution is -0.393. The average Bonchev–Trinajstić information content (AvgIpc) is 2.88. The molecule has 128 valence electrons. The van der Waals surface area contributed by atoms with Gasteiger partial charge in [0, 0.05) is 6.07 Å². The van der Waals surface area contributed by atoms with E-state index in [1.165, 1.54) is 15.9 Å². The zero-order valence-electron chi connectivity index (χ0n) is 12.7. The van der Waals surface area contributed by atoms with Crippen molar-refractivity contribution >= 4 is 28.9 Å². The zero-order chi connectivity index (χ0) is 18.0. The molecule has 1 aliphatic heterocycles. The van der Waals surface area contributed by atoms with Gasteiger partial charge in [-0.2, -0.15) is 0 Å². The number of rotatable bonds is 6. The SMILES string of the molecule is CCC(C(N)=O)N1CN(c2ccc([N+](=O)[O-])cc2[N+](=O)[O-])CC1=O. The summed E-state index contributed by atoms with van der Waals surface area (Å²) in [5.74, 6) is -1.06. The molecule has 1 aromatic rings. The highest BCUT2D eigenvalue weighted by atomic mass is 16.6. The van der Waals surface area contributed by atoms with E-state index in [-0.39, 0.29) is 18.9 Å². The Balaban J connectivity index is 2.36. The fourth-order valence-electron chi connectivity index (χ4n) is 2.61. The molecule has 1 aromatic carbocycles. The van der Waals surface area contributed by atoms with Crippen LogP contribution in [0.15, 0.2) is 18.2 Å². The normalized spacial score (nSPS) is 15.5. The molecule has 2 amide bonds. The number of benzene rings is 1. The van der Waals surface area contributed by atoms with Crippen molar-refractivity contribution in [1.29, 1.82) is 0 Å². The molecule has 1 unspecified atom stereocenters. The summed E-state index contributed by atoms with van der Waals surface area (Å²) < 4.78 is 0. The molecule has 0 saturated carbocycles. The van der Waals surface area contributed by atoms with Gasteiger partial charge < -0.3 is 15.5 Å². The van der Waals surface area contributed by atoms with Crippen LogP contribution in [-0.2, 0) is 9.59 Å². The third kappa shape index (κ3) is 3.09. The van der Waals surface area contributed by atoms with Gasteiger partial charge >= 0.3 is 0 Å². The number of primary amides is 1. The van der Waals surface area contributed by atoms with Crippen molar-refractivity contribution in [2.45, 2.75) is 19.4 Å². The molecular weight excluding hydrogens is 322 g/mol. The van der Waals surface area contributed by atoms with E-state index in [9.17, 15) is 29.8 Å². The predicted molar refractivity (Wildman–Crippen MR) is 82.1 cm³/mol. The summed E-state index contributed by atoms with van der Waals surface area (Å²) in [5, 5.41) is 22.0. The Morgan fingerprint density at radius 1 is 1.33 bits per heavy atom. The topological polar surface area (TPSA) is 153 Å². The van der Waals surface area contributed by atoms with Gasteiger partial charge in [-0.3, -0.25) is 29.8 Å². The minimum Gasteiger partial charge on any atom is -0.368 e. The number of carbonyl (C=O) groups excluding carboxylic acids is 2. The average molecular weight is 337 g/mol. The highest BCUT2D eigenvalue weighted by Crippen LogP contribution is 2.33. The number of carbonyl (C=O) groups is 2. The quantitative estimate of drug-likeness (QED) is 0.581. The van der Waals surface area contributed by atoms with E-state index >= 15 is 0 Å². The van der Waals surface area contributed by atoms with E-state index in [4.69, 9.17) is 5.73 Å². The van der Waals surface area contributed by atoms with E-state index in [0.717, 1.165) is 12.1 Å². The third-order valence-electron chi connectivity index (χ3n) is 3.77. The summed E-state index contributed by atoms with van der Waals surface area (Å²) >= 11 is 0. The van der Waals surface area contributed by atoms with Crippen molar-refractivity contribution in [3.8, 4) is 0 Å². The molecule has 1 saturated heterocycles. The van der Waals surface area contributed by atoms with Crippen molar-refractivity contribution < 1.29 is 19.4 Å². The summed E-state index contributed by atoms with van der Waals surface area (Å²) in [5.41, 5.74) is 4.44. The number of nitro benzene ring substituents is 2. The number of amides is 2. The van der Waals surface area contributed by atoms with Gasteiger partial charge in [0.15, 0.2) is 0 Å². The highest BCUT2D eigenvalue weighted by molar-refractivity contribution is 5.91. The van der Waals surface area contributed by atoms with Crippen LogP contribution in [0.1, 0.15) is 13.3 Å². The molecule has 2 rings (SSSR count). The molecule has 24 heavy (non-hydrogen) atoms. The van der Waals surface area contributed by atoms with Gasteiger partial charge in [-0.25, -0.2) is 0 Å². The van der Waals surface area contributed by atoms with Crippen molar-refractivity contribution in [1.82, 2.24) is 4.90 Å². The van der Waals surface area contributed by atoms with Gasteiger partial charge in [-0.05, 0) is 12.5 Å². The zero-order valence-corrected chi connectivity index (χ0v) is 12.7. The molecule has 11 nitrogen and oxygen atoms in total. The van der Waals surface area contributed by atoms with E-state index in [2.05, 4.69) is 0 Å². The smallest absolute Gasteiger partial charge is 0.299 e. The van der Waals surface area contributed by atoms with Crippen molar-refractivity contribution in [2.75, 3.05) is 18.1 Å². The number of nitrogens with two attached hydrogens (primary N) is 1. The molecule has 0 aromatic heterocycles.